The first-order valence-corrected chi connectivity index (χ1v) is 3.36. The van der Waals surface area contributed by atoms with Crippen molar-refractivity contribution in [3.63, 3.8) is 0 Å². The van der Waals surface area contributed by atoms with Crippen LogP contribution in [-0.4, -0.2) is 9.66 Å². The molecule has 0 aliphatic carbocycles. The maximum atomic E-state index is 5.61. The van der Waals surface area contributed by atoms with Crippen LogP contribution in [0.2, 0.25) is 0 Å². The molecule has 4 nitrogen and oxygen atoms in total. The van der Waals surface area contributed by atoms with Gasteiger partial charge in [-0.25, -0.2) is 9.55 Å². The van der Waals surface area contributed by atoms with E-state index >= 15 is 0 Å². The molecule has 0 aromatic carbocycles. The van der Waals surface area contributed by atoms with E-state index in [4.69, 9.17) is 5.84 Å². The van der Waals surface area contributed by atoms with Crippen molar-refractivity contribution < 1.29 is 4.57 Å². The van der Waals surface area contributed by atoms with Crippen LogP contribution >= 0.6 is 0 Å². The van der Waals surface area contributed by atoms with Crippen LogP contribution in [0.15, 0.2) is 24.7 Å². The fourth-order valence-corrected chi connectivity index (χ4v) is 1.17. The number of imidazole rings is 1. The van der Waals surface area contributed by atoms with Crippen LogP contribution in [0.5, 0.6) is 0 Å². The molecule has 2 aromatic heterocycles. The van der Waals surface area contributed by atoms with Crippen molar-refractivity contribution in [2.75, 3.05) is 5.84 Å². The third kappa shape index (κ3) is 0.756. The van der Waals surface area contributed by atoms with Crippen LogP contribution in [0.1, 0.15) is 0 Å². The van der Waals surface area contributed by atoms with E-state index in [0.717, 1.165) is 11.2 Å². The summed E-state index contributed by atoms with van der Waals surface area (Å²) in [5.41, 5.74) is 1.84. The fourth-order valence-electron chi connectivity index (χ4n) is 1.17. The summed E-state index contributed by atoms with van der Waals surface area (Å²) in [5, 5.41) is 0. The van der Waals surface area contributed by atoms with Crippen molar-refractivity contribution >= 4 is 11.2 Å². The molecule has 0 saturated carbocycles. The molecule has 0 aliphatic heterocycles. The fraction of sp³-hybridized carbons (Fsp3) is 0.143. The Balaban J connectivity index is 2.95. The van der Waals surface area contributed by atoms with Gasteiger partial charge in [0.2, 0.25) is 0 Å². The highest BCUT2D eigenvalue weighted by molar-refractivity contribution is 5.65. The van der Waals surface area contributed by atoms with Crippen molar-refractivity contribution in [3.8, 4) is 0 Å². The molecule has 11 heavy (non-hydrogen) atoms. The molecular weight excluding hydrogens is 140 g/mol. The van der Waals surface area contributed by atoms with Gasteiger partial charge in [-0.3, -0.25) is 5.84 Å². The summed E-state index contributed by atoms with van der Waals surface area (Å²) >= 11 is 0. The molecule has 0 aliphatic rings. The second kappa shape index (κ2) is 1.95. The molecule has 0 bridgehead atoms. The molecule has 0 atom stereocenters. The van der Waals surface area contributed by atoms with E-state index in [0.29, 0.717) is 0 Å². The topological polar surface area (TPSA) is 47.7 Å². The molecule has 56 valence electrons. The Morgan fingerprint density at radius 3 is 3.18 bits per heavy atom. The van der Waals surface area contributed by atoms with E-state index in [1.165, 1.54) is 4.68 Å². The first-order chi connectivity index (χ1) is 5.29. The number of hydrogen-bond donors (Lipinski definition) is 1. The number of rotatable bonds is 0. The maximum Gasteiger partial charge on any atom is 0.291 e. The second-order valence-electron chi connectivity index (χ2n) is 2.48. The number of pyridine rings is 1. The van der Waals surface area contributed by atoms with Gasteiger partial charge in [-0.05, 0) is 12.1 Å². The maximum absolute atomic E-state index is 5.61. The average Bonchev–Trinajstić information content (AvgIpc) is 2.30. The number of hydrogen-bond acceptors (Lipinski definition) is 2. The zero-order chi connectivity index (χ0) is 7.84. The van der Waals surface area contributed by atoms with Gasteiger partial charge in [0, 0.05) is 6.20 Å². The molecular formula is C7H9N4+. The van der Waals surface area contributed by atoms with Crippen LogP contribution < -0.4 is 10.4 Å². The summed E-state index contributed by atoms with van der Waals surface area (Å²) in [5.74, 6) is 5.61. The van der Waals surface area contributed by atoms with E-state index in [1.54, 1.807) is 12.5 Å². The minimum Gasteiger partial charge on any atom is -0.267 e. The minimum atomic E-state index is 0.801. The van der Waals surface area contributed by atoms with Gasteiger partial charge in [-0.15, -0.1) is 4.68 Å². The molecule has 2 heterocycles. The molecule has 0 saturated heterocycles. The zero-order valence-electron chi connectivity index (χ0n) is 6.23. The normalized spacial score (nSPS) is 10.6. The Morgan fingerprint density at radius 2 is 2.45 bits per heavy atom. The molecule has 2 aromatic rings. The molecule has 2 rings (SSSR count). The van der Waals surface area contributed by atoms with E-state index in [2.05, 4.69) is 4.98 Å². The lowest BCUT2D eigenvalue weighted by atomic mass is 10.4. The predicted molar refractivity (Wildman–Crippen MR) is 41.1 cm³/mol. The van der Waals surface area contributed by atoms with E-state index in [1.807, 2.05) is 23.7 Å². The van der Waals surface area contributed by atoms with E-state index < -0.39 is 0 Å². The first-order valence-electron chi connectivity index (χ1n) is 3.36. The van der Waals surface area contributed by atoms with Crippen LogP contribution in [0, 0.1) is 0 Å². The number of fused-ring (bicyclic) bond motifs is 1. The van der Waals surface area contributed by atoms with Crippen LogP contribution in [-0.2, 0) is 7.05 Å². The first kappa shape index (κ1) is 6.15. The van der Waals surface area contributed by atoms with Crippen LogP contribution in [0.3, 0.4) is 0 Å². The highest BCUT2D eigenvalue weighted by atomic mass is 15.3. The van der Waals surface area contributed by atoms with E-state index in [-0.39, 0.29) is 0 Å². The molecule has 0 radical (unpaired) electrons. The third-order valence-corrected chi connectivity index (χ3v) is 1.69. The van der Waals surface area contributed by atoms with Gasteiger partial charge in [-0.1, -0.05) is 0 Å². The van der Waals surface area contributed by atoms with Gasteiger partial charge in [0.25, 0.3) is 12.0 Å². The summed E-state index contributed by atoms with van der Waals surface area (Å²) in [4.78, 5) is 4.12. The number of nitrogen functional groups attached to an aromatic ring is 1. The van der Waals surface area contributed by atoms with Crippen molar-refractivity contribution in [2.45, 2.75) is 0 Å². The lowest BCUT2D eigenvalue weighted by Gasteiger charge is -1.83. The van der Waals surface area contributed by atoms with Crippen molar-refractivity contribution in [1.29, 1.82) is 0 Å². The van der Waals surface area contributed by atoms with Gasteiger partial charge in [0.15, 0.2) is 5.52 Å². The Hall–Kier alpha value is -1.58. The van der Waals surface area contributed by atoms with Crippen molar-refractivity contribution in [2.24, 2.45) is 7.05 Å². The number of nitrogens with zero attached hydrogens (tertiary/aromatic N) is 3. The molecule has 0 spiro atoms. The molecule has 2 N–H and O–H groups in total. The number of nitrogens with two attached hydrogens (primary N) is 1. The van der Waals surface area contributed by atoms with Gasteiger partial charge < -0.3 is 0 Å². The predicted octanol–water partition coefficient (Wildman–Crippen LogP) is -0.425. The Morgan fingerprint density at radius 1 is 1.64 bits per heavy atom. The highest BCUT2D eigenvalue weighted by Crippen LogP contribution is 2.01. The number of aromatic nitrogens is 3. The Labute approximate surface area is 63.9 Å². The van der Waals surface area contributed by atoms with E-state index in [9.17, 15) is 0 Å². The van der Waals surface area contributed by atoms with Crippen molar-refractivity contribution in [3.05, 3.63) is 24.7 Å². The smallest absolute Gasteiger partial charge is 0.267 e. The second-order valence-corrected chi connectivity index (χ2v) is 2.48. The SMILES string of the molecule is C[n+]1cn(N)c2ncccc21. The average molecular weight is 149 g/mol. The molecule has 0 unspecified atom stereocenters. The summed E-state index contributed by atoms with van der Waals surface area (Å²) in [6.45, 7) is 0. The third-order valence-electron chi connectivity index (χ3n) is 1.69. The van der Waals surface area contributed by atoms with Crippen LogP contribution in [0.25, 0.3) is 11.2 Å². The summed E-state index contributed by atoms with van der Waals surface area (Å²) in [6.07, 6.45) is 3.52. The van der Waals surface area contributed by atoms with Crippen molar-refractivity contribution in [1.82, 2.24) is 9.66 Å². The largest absolute Gasteiger partial charge is 0.291 e. The summed E-state index contributed by atoms with van der Waals surface area (Å²) < 4.78 is 3.44. The monoisotopic (exact) mass is 149 g/mol. The molecule has 0 amide bonds. The standard InChI is InChI=1S/C7H9N4/c1-10-5-11(8)7-6(10)3-2-4-9-7/h2-5H,8H2,1H3/q+1. The van der Waals surface area contributed by atoms with Gasteiger partial charge in [0.1, 0.15) is 0 Å². The molecule has 0 fully saturated rings. The zero-order valence-corrected chi connectivity index (χ0v) is 6.23. The lowest BCUT2D eigenvalue weighted by Crippen LogP contribution is -2.26. The summed E-state index contributed by atoms with van der Waals surface area (Å²) in [6, 6.07) is 3.87. The molecule has 4 heteroatoms. The number of aryl methyl sites for hydroxylation is 1. The van der Waals surface area contributed by atoms with Crippen LogP contribution in [0.4, 0.5) is 0 Å². The van der Waals surface area contributed by atoms with Gasteiger partial charge in [-0.2, -0.15) is 0 Å². The quantitative estimate of drug-likeness (QED) is 0.408. The highest BCUT2D eigenvalue weighted by Gasteiger charge is 2.09. The Bertz CT molecular complexity index is 354. The minimum absolute atomic E-state index is 0.801. The lowest BCUT2D eigenvalue weighted by molar-refractivity contribution is -0.645. The summed E-state index contributed by atoms with van der Waals surface area (Å²) in [7, 11) is 1.94. The Kier molecular flexibility index (Phi) is 1.09. The van der Waals surface area contributed by atoms with Gasteiger partial charge in [0.05, 0.1) is 7.05 Å². The van der Waals surface area contributed by atoms with Gasteiger partial charge >= 0.3 is 0 Å².